The highest BCUT2D eigenvalue weighted by Gasteiger charge is 2.25. The minimum Gasteiger partial charge on any atom is -0.371 e. The summed E-state index contributed by atoms with van der Waals surface area (Å²) in [4.78, 5) is 2.32. The van der Waals surface area contributed by atoms with Gasteiger partial charge in [0.15, 0.2) is 0 Å². The van der Waals surface area contributed by atoms with Gasteiger partial charge in [-0.3, -0.25) is 0 Å². The molecule has 3 heteroatoms. The summed E-state index contributed by atoms with van der Waals surface area (Å²) in [6.45, 7) is 2.35. The molecule has 3 rings (SSSR count). The molecule has 0 spiro atoms. The van der Waals surface area contributed by atoms with Gasteiger partial charge in [0.25, 0.3) is 0 Å². The van der Waals surface area contributed by atoms with E-state index in [0.717, 1.165) is 30.8 Å². The Morgan fingerprint density at radius 3 is 2.70 bits per heavy atom. The maximum Gasteiger partial charge on any atom is 0.123 e. The zero-order valence-electron chi connectivity index (χ0n) is 11.4. The number of benzene rings is 2. The van der Waals surface area contributed by atoms with Crippen molar-refractivity contribution in [2.75, 3.05) is 18.0 Å². The Labute approximate surface area is 119 Å². The van der Waals surface area contributed by atoms with Crippen molar-refractivity contribution in [2.45, 2.75) is 18.9 Å². The quantitative estimate of drug-likeness (QED) is 0.927. The van der Waals surface area contributed by atoms with Crippen molar-refractivity contribution in [3.8, 4) is 0 Å². The van der Waals surface area contributed by atoms with Crippen molar-refractivity contribution in [1.29, 1.82) is 0 Å². The summed E-state index contributed by atoms with van der Waals surface area (Å²) in [5.41, 5.74) is 9.08. The summed E-state index contributed by atoms with van der Waals surface area (Å²) >= 11 is 0. The van der Waals surface area contributed by atoms with Crippen LogP contribution in [0.25, 0.3) is 0 Å². The van der Waals surface area contributed by atoms with Gasteiger partial charge in [0, 0.05) is 31.2 Å². The largest absolute Gasteiger partial charge is 0.371 e. The van der Waals surface area contributed by atoms with Gasteiger partial charge in [-0.25, -0.2) is 4.39 Å². The molecular formula is C17H19FN2. The molecule has 2 N–H and O–H groups in total. The third-order valence-corrected chi connectivity index (χ3v) is 4.06. The van der Waals surface area contributed by atoms with Gasteiger partial charge in [0.2, 0.25) is 0 Å². The Bertz CT molecular complexity index is 583. The molecule has 0 amide bonds. The third kappa shape index (κ3) is 2.54. The molecule has 0 aliphatic carbocycles. The van der Waals surface area contributed by atoms with Crippen LogP contribution in [0.3, 0.4) is 0 Å². The van der Waals surface area contributed by atoms with Crippen LogP contribution in [-0.4, -0.2) is 13.1 Å². The Morgan fingerprint density at radius 2 is 1.95 bits per heavy atom. The molecule has 1 fully saturated rings. The molecule has 1 aliphatic heterocycles. The van der Waals surface area contributed by atoms with Crippen molar-refractivity contribution >= 4 is 5.69 Å². The maximum absolute atomic E-state index is 13.3. The topological polar surface area (TPSA) is 29.3 Å². The summed E-state index contributed by atoms with van der Waals surface area (Å²) in [7, 11) is 0. The summed E-state index contributed by atoms with van der Waals surface area (Å²) in [5.74, 6) is 0.333. The van der Waals surface area contributed by atoms with Crippen LogP contribution in [0.2, 0.25) is 0 Å². The van der Waals surface area contributed by atoms with Crippen LogP contribution in [0.1, 0.15) is 23.5 Å². The lowest BCUT2D eigenvalue weighted by molar-refractivity contribution is 0.625. The van der Waals surface area contributed by atoms with Gasteiger partial charge in [-0.2, -0.15) is 0 Å². The van der Waals surface area contributed by atoms with Gasteiger partial charge in [0.1, 0.15) is 5.82 Å². The molecule has 2 nitrogen and oxygen atoms in total. The number of rotatable bonds is 3. The lowest BCUT2D eigenvalue weighted by atomic mass is 9.99. The fraction of sp³-hybridized carbons (Fsp3) is 0.294. The minimum atomic E-state index is -0.215. The van der Waals surface area contributed by atoms with Crippen molar-refractivity contribution in [3.05, 3.63) is 65.5 Å². The Morgan fingerprint density at radius 1 is 1.15 bits per heavy atom. The second-order valence-corrected chi connectivity index (χ2v) is 5.32. The van der Waals surface area contributed by atoms with Crippen LogP contribution in [0.5, 0.6) is 0 Å². The molecule has 1 unspecified atom stereocenters. The highest BCUT2D eigenvalue weighted by atomic mass is 19.1. The first-order chi connectivity index (χ1) is 9.78. The highest BCUT2D eigenvalue weighted by Crippen LogP contribution is 2.32. The number of hydrogen-bond acceptors (Lipinski definition) is 2. The molecule has 1 heterocycles. The van der Waals surface area contributed by atoms with Crippen LogP contribution in [0.15, 0.2) is 48.5 Å². The molecular weight excluding hydrogens is 251 g/mol. The normalized spacial score (nSPS) is 18.5. The van der Waals surface area contributed by atoms with Crippen LogP contribution in [0, 0.1) is 5.82 Å². The first-order valence-corrected chi connectivity index (χ1v) is 7.06. The maximum atomic E-state index is 13.3. The molecule has 0 radical (unpaired) electrons. The zero-order chi connectivity index (χ0) is 13.9. The lowest BCUT2D eigenvalue weighted by Crippen LogP contribution is -2.21. The number of anilines is 1. The molecule has 1 aliphatic rings. The van der Waals surface area contributed by atoms with Gasteiger partial charge in [-0.15, -0.1) is 0 Å². The van der Waals surface area contributed by atoms with E-state index in [2.05, 4.69) is 29.2 Å². The van der Waals surface area contributed by atoms with Crippen molar-refractivity contribution in [3.63, 3.8) is 0 Å². The first-order valence-electron chi connectivity index (χ1n) is 7.06. The van der Waals surface area contributed by atoms with Crippen molar-refractivity contribution in [2.24, 2.45) is 5.73 Å². The number of nitrogens with zero attached hydrogens (tertiary/aromatic N) is 1. The fourth-order valence-corrected chi connectivity index (χ4v) is 3.00. The molecule has 1 saturated heterocycles. The van der Waals surface area contributed by atoms with Gasteiger partial charge >= 0.3 is 0 Å². The molecule has 2 aromatic rings. The number of nitrogens with two attached hydrogens (primary N) is 1. The van der Waals surface area contributed by atoms with Gasteiger partial charge in [0.05, 0.1) is 0 Å². The van der Waals surface area contributed by atoms with Crippen LogP contribution in [-0.2, 0) is 6.54 Å². The smallest absolute Gasteiger partial charge is 0.123 e. The summed E-state index contributed by atoms with van der Waals surface area (Å²) in [6, 6.07) is 15.5. The first kappa shape index (κ1) is 13.1. The van der Waals surface area contributed by atoms with E-state index < -0.39 is 0 Å². The minimum absolute atomic E-state index is 0.215. The van der Waals surface area contributed by atoms with E-state index in [0.29, 0.717) is 12.5 Å². The molecule has 0 saturated carbocycles. The average molecular weight is 270 g/mol. The van der Waals surface area contributed by atoms with Crippen LogP contribution >= 0.6 is 0 Å². The van der Waals surface area contributed by atoms with E-state index >= 15 is 0 Å². The fourth-order valence-electron chi connectivity index (χ4n) is 3.00. The summed E-state index contributed by atoms with van der Waals surface area (Å²) in [5, 5.41) is 0. The van der Waals surface area contributed by atoms with Gasteiger partial charge in [-0.05, 0) is 35.7 Å². The lowest BCUT2D eigenvalue weighted by Gasteiger charge is -2.22. The predicted octanol–water partition coefficient (Wildman–Crippen LogP) is 3.28. The second kappa shape index (κ2) is 5.63. The Balaban J connectivity index is 1.81. The number of hydrogen-bond donors (Lipinski definition) is 1. The summed E-state index contributed by atoms with van der Waals surface area (Å²) < 4.78 is 13.3. The van der Waals surface area contributed by atoms with E-state index in [1.807, 2.05) is 12.1 Å². The SMILES string of the molecule is NCc1cc(F)ccc1N1CCC(c2ccccc2)C1. The number of halogens is 1. The molecule has 0 aromatic heterocycles. The zero-order valence-corrected chi connectivity index (χ0v) is 11.4. The van der Waals surface area contributed by atoms with Gasteiger partial charge < -0.3 is 10.6 Å². The third-order valence-electron chi connectivity index (χ3n) is 4.06. The van der Waals surface area contributed by atoms with Crippen molar-refractivity contribution in [1.82, 2.24) is 0 Å². The van der Waals surface area contributed by atoms with Crippen molar-refractivity contribution < 1.29 is 4.39 Å². The van der Waals surface area contributed by atoms with E-state index in [1.165, 1.54) is 11.6 Å². The van der Waals surface area contributed by atoms with E-state index in [9.17, 15) is 4.39 Å². The van der Waals surface area contributed by atoms with Gasteiger partial charge in [-0.1, -0.05) is 30.3 Å². The molecule has 2 aromatic carbocycles. The molecule has 1 atom stereocenters. The Hall–Kier alpha value is -1.87. The van der Waals surface area contributed by atoms with Crippen LogP contribution < -0.4 is 10.6 Å². The summed E-state index contributed by atoms with van der Waals surface area (Å²) in [6.07, 6.45) is 1.13. The van der Waals surface area contributed by atoms with Crippen LogP contribution in [0.4, 0.5) is 10.1 Å². The predicted molar refractivity (Wildman–Crippen MR) is 80.3 cm³/mol. The van der Waals surface area contributed by atoms with E-state index in [-0.39, 0.29) is 5.82 Å². The molecule has 104 valence electrons. The highest BCUT2D eigenvalue weighted by molar-refractivity contribution is 5.55. The standard InChI is InChI=1S/C17H19FN2/c18-16-6-7-17(15(10-16)11-19)20-9-8-14(12-20)13-4-2-1-3-5-13/h1-7,10,14H,8-9,11-12,19H2. The second-order valence-electron chi connectivity index (χ2n) is 5.32. The van der Waals surface area contributed by atoms with E-state index in [4.69, 9.17) is 5.73 Å². The van der Waals surface area contributed by atoms with E-state index in [1.54, 1.807) is 6.07 Å². The Kier molecular flexibility index (Phi) is 3.70. The molecule has 0 bridgehead atoms. The monoisotopic (exact) mass is 270 g/mol. The average Bonchev–Trinajstić information content (AvgIpc) is 2.97. The molecule has 20 heavy (non-hydrogen) atoms.